The lowest BCUT2D eigenvalue weighted by Gasteiger charge is -2.02. The number of anilines is 1. The fraction of sp³-hybridized carbons (Fsp3) is 0.0833. The van der Waals surface area contributed by atoms with Crippen LogP contribution in [-0.4, -0.2) is 15.0 Å². The Kier molecular flexibility index (Phi) is 4.11. The zero-order valence-corrected chi connectivity index (χ0v) is 14.0. The largest absolute Gasteiger partial charge is 0.382 e. The van der Waals surface area contributed by atoms with Gasteiger partial charge in [0.25, 0.3) is 0 Å². The second-order valence-electron chi connectivity index (χ2n) is 3.93. The van der Waals surface area contributed by atoms with E-state index in [4.69, 9.17) is 17.3 Å². The predicted octanol–water partition coefficient (Wildman–Crippen LogP) is 4.38. The highest BCUT2D eigenvalue weighted by Crippen LogP contribution is 2.31. The molecule has 2 aromatic heterocycles. The highest BCUT2D eigenvalue weighted by atomic mass is 79.9. The van der Waals surface area contributed by atoms with Crippen molar-refractivity contribution < 1.29 is 0 Å². The molecule has 0 spiro atoms. The van der Waals surface area contributed by atoms with Crippen molar-refractivity contribution in [3.8, 4) is 0 Å². The van der Waals surface area contributed by atoms with Crippen molar-refractivity contribution in [2.75, 3.05) is 5.73 Å². The quantitative estimate of drug-likeness (QED) is 0.534. The molecule has 4 nitrogen and oxygen atoms in total. The molecular weight excluding hydrogens is 380 g/mol. The molecule has 102 valence electrons. The molecule has 0 bridgehead atoms. The maximum Gasteiger partial charge on any atom is 0.191 e. The molecular formula is C12H8BrClN4S2. The summed E-state index contributed by atoms with van der Waals surface area (Å²) in [6.45, 7) is 0. The Morgan fingerprint density at radius 3 is 2.95 bits per heavy atom. The van der Waals surface area contributed by atoms with Crippen LogP contribution in [0, 0.1) is 0 Å². The van der Waals surface area contributed by atoms with Gasteiger partial charge in [0, 0.05) is 10.8 Å². The summed E-state index contributed by atoms with van der Waals surface area (Å²) in [4.78, 5) is 13.0. The first-order chi connectivity index (χ1) is 9.61. The molecule has 3 aromatic rings. The van der Waals surface area contributed by atoms with Gasteiger partial charge in [0.05, 0.1) is 0 Å². The van der Waals surface area contributed by atoms with E-state index in [1.165, 1.54) is 23.1 Å². The molecule has 0 radical (unpaired) electrons. The van der Waals surface area contributed by atoms with E-state index < -0.39 is 0 Å². The number of aromatic nitrogens is 3. The van der Waals surface area contributed by atoms with Crippen LogP contribution in [0.5, 0.6) is 0 Å². The molecule has 0 fully saturated rings. The Morgan fingerprint density at radius 1 is 1.30 bits per heavy atom. The Morgan fingerprint density at radius 2 is 2.15 bits per heavy atom. The molecule has 2 N–H and O–H groups in total. The number of fused-ring (bicyclic) bond motifs is 1. The lowest BCUT2D eigenvalue weighted by molar-refractivity contribution is 1.00. The van der Waals surface area contributed by atoms with Crippen LogP contribution in [0.2, 0.25) is 5.02 Å². The number of nitrogen functional groups attached to an aromatic ring is 1. The standard InChI is InChI=1S/C12H8BrClN4S2/c13-11-17-10-8(20-11)9(15)16-12(18-10)19-5-6-2-1-3-7(14)4-6/h1-4H,5H2,(H2,15,16,18). The zero-order valence-electron chi connectivity index (χ0n) is 10.0. The minimum atomic E-state index is 0.465. The lowest BCUT2D eigenvalue weighted by Crippen LogP contribution is -1.95. The monoisotopic (exact) mass is 386 g/mol. The number of thioether (sulfide) groups is 1. The Labute approximate surface area is 136 Å². The van der Waals surface area contributed by atoms with Crippen molar-refractivity contribution in [2.24, 2.45) is 0 Å². The third-order valence-electron chi connectivity index (χ3n) is 2.49. The highest BCUT2D eigenvalue weighted by Gasteiger charge is 2.10. The van der Waals surface area contributed by atoms with Gasteiger partial charge in [-0.25, -0.2) is 15.0 Å². The summed E-state index contributed by atoms with van der Waals surface area (Å²) < 4.78 is 1.56. The summed E-state index contributed by atoms with van der Waals surface area (Å²) >= 11 is 12.2. The van der Waals surface area contributed by atoms with E-state index in [0.717, 1.165) is 25.0 Å². The molecule has 0 unspecified atom stereocenters. The number of nitrogens with two attached hydrogens (primary N) is 1. The normalized spacial score (nSPS) is 11.1. The maximum atomic E-state index is 5.96. The number of benzene rings is 1. The first-order valence-corrected chi connectivity index (χ1v) is 8.56. The molecule has 0 aliphatic heterocycles. The average molecular weight is 388 g/mol. The van der Waals surface area contributed by atoms with Gasteiger partial charge in [-0.15, -0.1) is 11.3 Å². The molecule has 0 amide bonds. The summed E-state index contributed by atoms with van der Waals surface area (Å²) in [6.07, 6.45) is 0. The molecule has 3 rings (SSSR count). The number of rotatable bonds is 3. The van der Waals surface area contributed by atoms with E-state index in [1.807, 2.05) is 24.3 Å². The van der Waals surface area contributed by atoms with E-state index in [2.05, 4.69) is 30.9 Å². The predicted molar refractivity (Wildman–Crippen MR) is 88.3 cm³/mol. The molecule has 0 atom stereocenters. The first kappa shape index (κ1) is 14.1. The average Bonchev–Trinajstić information content (AvgIpc) is 2.78. The van der Waals surface area contributed by atoms with Crippen LogP contribution in [0.3, 0.4) is 0 Å². The van der Waals surface area contributed by atoms with Gasteiger partial charge >= 0.3 is 0 Å². The number of thiazole rings is 1. The SMILES string of the molecule is Nc1nc(SCc2cccc(Cl)c2)nc2nc(Br)sc12. The number of halogens is 2. The number of nitrogens with zero attached hydrogens (tertiary/aromatic N) is 3. The molecule has 0 saturated carbocycles. The van der Waals surface area contributed by atoms with E-state index >= 15 is 0 Å². The molecule has 0 aliphatic carbocycles. The highest BCUT2D eigenvalue weighted by molar-refractivity contribution is 9.11. The summed E-state index contributed by atoms with van der Waals surface area (Å²) in [5.74, 6) is 1.20. The smallest absolute Gasteiger partial charge is 0.191 e. The van der Waals surface area contributed by atoms with Crippen LogP contribution in [0.25, 0.3) is 10.3 Å². The van der Waals surface area contributed by atoms with Gasteiger partial charge in [0.2, 0.25) is 0 Å². The molecule has 0 saturated heterocycles. The Balaban J connectivity index is 1.84. The van der Waals surface area contributed by atoms with Crippen molar-refractivity contribution in [3.63, 3.8) is 0 Å². The van der Waals surface area contributed by atoms with Crippen LogP contribution in [0.1, 0.15) is 5.56 Å². The molecule has 2 heterocycles. The first-order valence-electron chi connectivity index (χ1n) is 5.58. The van der Waals surface area contributed by atoms with Gasteiger partial charge in [-0.05, 0) is 33.6 Å². The van der Waals surface area contributed by atoms with Crippen molar-refractivity contribution in [1.29, 1.82) is 0 Å². The van der Waals surface area contributed by atoms with Gasteiger partial charge in [0.15, 0.2) is 14.7 Å². The van der Waals surface area contributed by atoms with Gasteiger partial charge in [-0.2, -0.15) is 0 Å². The van der Waals surface area contributed by atoms with Crippen molar-refractivity contribution in [1.82, 2.24) is 15.0 Å². The lowest BCUT2D eigenvalue weighted by atomic mass is 10.2. The maximum absolute atomic E-state index is 5.96. The number of hydrogen-bond acceptors (Lipinski definition) is 6. The molecule has 20 heavy (non-hydrogen) atoms. The third kappa shape index (κ3) is 3.06. The van der Waals surface area contributed by atoms with Gasteiger partial charge < -0.3 is 5.73 Å². The second kappa shape index (κ2) is 5.85. The van der Waals surface area contributed by atoms with Crippen molar-refractivity contribution in [2.45, 2.75) is 10.9 Å². The number of hydrogen-bond donors (Lipinski definition) is 1. The van der Waals surface area contributed by atoms with E-state index in [9.17, 15) is 0 Å². The van der Waals surface area contributed by atoms with Crippen molar-refractivity contribution in [3.05, 3.63) is 38.8 Å². The van der Waals surface area contributed by atoms with Crippen molar-refractivity contribution >= 4 is 66.8 Å². The topological polar surface area (TPSA) is 64.7 Å². The minimum absolute atomic E-state index is 0.465. The Bertz CT molecular complexity index is 777. The fourth-order valence-corrected chi connectivity index (χ4v) is 3.93. The second-order valence-corrected chi connectivity index (χ2v) is 7.58. The Hall–Kier alpha value is -0.890. The van der Waals surface area contributed by atoms with Gasteiger partial charge in [-0.1, -0.05) is 35.5 Å². The van der Waals surface area contributed by atoms with E-state index in [0.29, 0.717) is 16.6 Å². The van der Waals surface area contributed by atoms with Gasteiger partial charge in [-0.3, -0.25) is 0 Å². The minimum Gasteiger partial charge on any atom is -0.382 e. The zero-order chi connectivity index (χ0) is 14.1. The summed E-state index contributed by atoms with van der Waals surface area (Å²) in [5, 5.41) is 1.34. The molecule has 1 aromatic carbocycles. The summed E-state index contributed by atoms with van der Waals surface area (Å²) in [6, 6.07) is 7.72. The van der Waals surface area contributed by atoms with Crippen LogP contribution in [-0.2, 0) is 5.75 Å². The molecule has 0 aliphatic rings. The van der Waals surface area contributed by atoms with Crippen LogP contribution >= 0.6 is 50.6 Å². The summed E-state index contributed by atoms with van der Waals surface area (Å²) in [5.41, 5.74) is 7.67. The fourth-order valence-electron chi connectivity index (χ4n) is 1.64. The summed E-state index contributed by atoms with van der Waals surface area (Å²) in [7, 11) is 0. The van der Waals surface area contributed by atoms with E-state index in [-0.39, 0.29) is 0 Å². The van der Waals surface area contributed by atoms with Crippen LogP contribution in [0.15, 0.2) is 33.3 Å². The van der Waals surface area contributed by atoms with E-state index in [1.54, 1.807) is 0 Å². The van der Waals surface area contributed by atoms with Crippen LogP contribution < -0.4 is 5.73 Å². The van der Waals surface area contributed by atoms with Crippen LogP contribution in [0.4, 0.5) is 5.82 Å². The third-order valence-corrected chi connectivity index (χ3v) is 5.16. The van der Waals surface area contributed by atoms with Gasteiger partial charge in [0.1, 0.15) is 10.5 Å². The molecule has 8 heteroatoms.